The van der Waals surface area contributed by atoms with Crippen LogP contribution in [0.25, 0.3) is 0 Å². The third-order valence-corrected chi connectivity index (χ3v) is 1.68. The Morgan fingerprint density at radius 2 is 1.72 bits per heavy atom. The molecular formula is C11H16N2O5. The minimum absolute atomic E-state index is 0.759. The first-order valence-electron chi connectivity index (χ1n) is 5.17. The van der Waals surface area contributed by atoms with Crippen molar-refractivity contribution in [2.45, 2.75) is 13.3 Å². The van der Waals surface area contributed by atoms with Gasteiger partial charge in [-0.3, -0.25) is 5.84 Å². The summed E-state index contributed by atoms with van der Waals surface area (Å²) in [6, 6.07) is 7.55. The topological polar surface area (TPSA) is 122 Å². The van der Waals surface area contributed by atoms with Gasteiger partial charge in [0.1, 0.15) is 5.75 Å². The van der Waals surface area contributed by atoms with Crippen LogP contribution in [0, 0.1) is 0 Å². The Hall–Kier alpha value is -2.28. The maximum absolute atomic E-state index is 9.10. The summed E-state index contributed by atoms with van der Waals surface area (Å²) in [5.74, 6) is 2.45. The highest BCUT2D eigenvalue weighted by molar-refractivity contribution is 6.27. The molecule has 0 aliphatic carbocycles. The normalized spacial score (nSPS) is 8.78. The van der Waals surface area contributed by atoms with Crippen molar-refractivity contribution >= 4 is 17.6 Å². The van der Waals surface area contributed by atoms with Crippen molar-refractivity contribution in [1.82, 2.24) is 0 Å². The fourth-order valence-corrected chi connectivity index (χ4v) is 0.867. The fraction of sp³-hybridized carbons (Fsp3) is 0.273. The maximum Gasteiger partial charge on any atom is 0.414 e. The SMILES string of the molecule is CCCOc1ccc(NN)cc1.O=C(O)C(=O)O. The summed E-state index contributed by atoms with van der Waals surface area (Å²) in [5.41, 5.74) is 3.44. The highest BCUT2D eigenvalue weighted by atomic mass is 16.5. The third-order valence-electron chi connectivity index (χ3n) is 1.68. The molecule has 0 heterocycles. The second-order valence-corrected chi connectivity index (χ2v) is 3.13. The average molecular weight is 256 g/mol. The molecule has 18 heavy (non-hydrogen) atoms. The van der Waals surface area contributed by atoms with Gasteiger partial charge in [-0.2, -0.15) is 0 Å². The number of nitrogen functional groups attached to an aromatic ring is 1. The molecule has 0 fully saturated rings. The molecule has 0 amide bonds. The van der Waals surface area contributed by atoms with E-state index in [0.717, 1.165) is 24.5 Å². The Balaban J connectivity index is 0.000000411. The van der Waals surface area contributed by atoms with E-state index in [9.17, 15) is 0 Å². The lowest BCUT2D eigenvalue weighted by atomic mass is 10.3. The first-order valence-corrected chi connectivity index (χ1v) is 5.17. The molecular weight excluding hydrogens is 240 g/mol. The van der Waals surface area contributed by atoms with Crippen molar-refractivity contribution in [3.8, 4) is 5.75 Å². The standard InChI is InChI=1S/C9H14N2O.C2H2O4/c1-2-7-12-9-5-3-8(11-10)4-6-9;3-1(4)2(5)6/h3-6,11H,2,7,10H2,1H3;(H,3,4)(H,5,6). The Morgan fingerprint density at radius 3 is 2.06 bits per heavy atom. The summed E-state index contributed by atoms with van der Waals surface area (Å²) >= 11 is 0. The van der Waals surface area contributed by atoms with E-state index in [-0.39, 0.29) is 0 Å². The van der Waals surface area contributed by atoms with E-state index >= 15 is 0 Å². The van der Waals surface area contributed by atoms with E-state index in [2.05, 4.69) is 12.3 Å². The number of rotatable bonds is 4. The summed E-state index contributed by atoms with van der Waals surface area (Å²) in [6.45, 7) is 2.84. The van der Waals surface area contributed by atoms with Crippen molar-refractivity contribution in [3.63, 3.8) is 0 Å². The van der Waals surface area contributed by atoms with Crippen LogP contribution in [0.3, 0.4) is 0 Å². The molecule has 5 N–H and O–H groups in total. The van der Waals surface area contributed by atoms with Crippen LogP contribution in [-0.4, -0.2) is 28.8 Å². The molecule has 0 saturated heterocycles. The fourth-order valence-electron chi connectivity index (χ4n) is 0.867. The van der Waals surface area contributed by atoms with Crippen LogP contribution in [0.15, 0.2) is 24.3 Å². The van der Waals surface area contributed by atoms with Gasteiger partial charge in [0.05, 0.1) is 6.61 Å². The number of aliphatic carboxylic acids is 2. The smallest absolute Gasteiger partial charge is 0.414 e. The summed E-state index contributed by atoms with van der Waals surface area (Å²) in [7, 11) is 0. The van der Waals surface area contributed by atoms with Crippen LogP contribution in [0.4, 0.5) is 5.69 Å². The molecule has 0 unspecified atom stereocenters. The van der Waals surface area contributed by atoms with E-state index in [1.807, 2.05) is 24.3 Å². The minimum Gasteiger partial charge on any atom is -0.494 e. The van der Waals surface area contributed by atoms with E-state index in [0.29, 0.717) is 0 Å². The van der Waals surface area contributed by atoms with Crippen LogP contribution in [-0.2, 0) is 9.59 Å². The van der Waals surface area contributed by atoms with Crippen molar-refractivity contribution in [3.05, 3.63) is 24.3 Å². The summed E-state index contributed by atoms with van der Waals surface area (Å²) < 4.78 is 5.39. The van der Waals surface area contributed by atoms with E-state index in [1.54, 1.807) is 0 Å². The third kappa shape index (κ3) is 7.07. The molecule has 0 radical (unpaired) electrons. The number of carboxylic acid groups (broad SMARTS) is 2. The van der Waals surface area contributed by atoms with Crippen molar-refractivity contribution in [2.75, 3.05) is 12.0 Å². The van der Waals surface area contributed by atoms with Crippen LogP contribution in [0.1, 0.15) is 13.3 Å². The molecule has 1 rings (SSSR count). The minimum atomic E-state index is -1.82. The summed E-state index contributed by atoms with van der Waals surface area (Å²) in [5, 5.41) is 14.8. The molecule has 1 aromatic carbocycles. The average Bonchev–Trinajstić information content (AvgIpc) is 2.37. The monoisotopic (exact) mass is 256 g/mol. The summed E-state index contributed by atoms with van der Waals surface area (Å²) in [4.78, 5) is 18.2. The first kappa shape index (κ1) is 15.7. The van der Waals surface area contributed by atoms with Gasteiger partial charge in [0.15, 0.2) is 0 Å². The van der Waals surface area contributed by atoms with Gasteiger partial charge in [-0.15, -0.1) is 0 Å². The molecule has 1 aromatic rings. The van der Waals surface area contributed by atoms with Crippen molar-refractivity contribution < 1.29 is 24.5 Å². The Labute approximate surface area is 104 Å². The van der Waals surface area contributed by atoms with Gasteiger partial charge in [0.2, 0.25) is 0 Å². The molecule has 0 atom stereocenters. The zero-order chi connectivity index (χ0) is 14.0. The van der Waals surface area contributed by atoms with Gasteiger partial charge in [-0.25, -0.2) is 9.59 Å². The van der Waals surface area contributed by atoms with Crippen LogP contribution in [0.5, 0.6) is 5.75 Å². The van der Waals surface area contributed by atoms with Crippen LogP contribution in [0.2, 0.25) is 0 Å². The molecule has 0 aliphatic rings. The van der Waals surface area contributed by atoms with Crippen LogP contribution < -0.4 is 16.0 Å². The second-order valence-electron chi connectivity index (χ2n) is 3.13. The van der Waals surface area contributed by atoms with Gasteiger partial charge in [0.25, 0.3) is 0 Å². The lowest BCUT2D eigenvalue weighted by Gasteiger charge is -2.04. The number of ether oxygens (including phenoxy) is 1. The molecule has 0 saturated carbocycles. The lowest BCUT2D eigenvalue weighted by molar-refractivity contribution is -0.159. The second kappa shape index (κ2) is 8.82. The zero-order valence-corrected chi connectivity index (χ0v) is 9.92. The molecule has 0 bridgehead atoms. The highest BCUT2D eigenvalue weighted by Crippen LogP contribution is 2.14. The van der Waals surface area contributed by atoms with Gasteiger partial charge in [-0.05, 0) is 30.7 Å². The Morgan fingerprint density at radius 1 is 1.22 bits per heavy atom. The molecule has 0 spiro atoms. The summed E-state index contributed by atoms with van der Waals surface area (Å²) in [6.07, 6.45) is 1.02. The zero-order valence-electron chi connectivity index (χ0n) is 9.92. The number of hydrazine groups is 1. The van der Waals surface area contributed by atoms with Crippen LogP contribution >= 0.6 is 0 Å². The number of hydrogen-bond acceptors (Lipinski definition) is 5. The number of carbonyl (C=O) groups is 2. The number of hydrogen-bond donors (Lipinski definition) is 4. The van der Waals surface area contributed by atoms with E-state index in [4.69, 9.17) is 30.4 Å². The number of benzene rings is 1. The van der Waals surface area contributed by atoms with E-state index in [1.165, 1.54) is 0 Å². The lowest BCUT2D eigenvalue weighted by Crippen LogP contribution is -2.09. The Bertz CT molecular complexity index is 366. The largest absolute Gasteiger partial charge is 0.494 e. The number of nitrogens with one attached hydrogen (secondary N) is 1. The number of anilines is 1. The molecule has 7 nitrogen and oxygen atoms in total. The van der Waals surface area contributed by atoms with Gasteiger partial charge < -0.3 is 20.4 Å². The first-order chi connectivity index (χ1) is 8.51. The van der Waals surface area contributed by atoms with Gasteiger partial charge in [-0.1, -0.05) is 6.92 Å². The van der Waals surface area contributed by atoms with E-state index < -0.39 is 11.9 Å². The number of nitrogens with two attached hydrogens (primary N) is 1. The maximum atomic E-state index is 9.10. The quantitative estimate of drug-likeness (QED) is 0.359. The Kier molecular flexibility index (Phi) is 7.71. The van der Waals surface area contributed by atoms with Crippen molar-refractivity contribution in [2.24, 2.45) is 5.84 Å². The molecule has 7 heteroatoms. The van der Waals surface area contributed by atoms with Gasteiger partial charge >= 0.3 is 11.9 Å². The van der Waals surface area contributed by atoms with Crippen molar-refractivity contribution in [1.29, 1.82) is 0 Å². The molecule has 100 valence electrons. The predicted octanol–water partition coefficient (Wildman–Crippen LogP) is 0.917. The van der Waals surface area contributed by atoms with Gasteiger partial charge in [0, 0.05) is 5.69 Å². The highest BCUT2D eigenvalue weighted by Gasteiger charge is 2.04. The molecule has 0 aromatic heterocycles. The predicted molar refractivity (Wildman–Crippen MR) is 65.3 cm³/mol. The number of carboxylic acids is 2. The molecule has 0 aliphatic heterocycles.